The van der Waals surface area contributed by atoms with E-state index in [4.69, 9.17) is 0 Å². The van der Waals surface area contributed by atoms with Crippen molar-refractivity contribution in [2.24, 2.45) is 34.5 Å². The Labute approximate surface area is 110 Å². The molecule has 1 saturated carbocycles. The summed E-state index contributed by atoms with van der Waals surface area (Å²) in [6, 6.07) is 0. The van der Waals surface area contributed by atoms with Crippen LogP contribution in [0.1, 0.15) is 74.7 Å². The fourth-order valence-corrected chi connectivity index (χ4v) is 3.90. The predicted molar refractivity (Wildman–Crippen MR) is 78.1 cm³/mol. The maximum absolute atomic E-state index is 2.53. The van der Waals surface area contributed by atoms with Gasteiger partial charge in [0.1, 0.15) is 0 Å². The van der Waals surface area contributed by atoms with Crippen LogP contribution in [0.2, 0.25) is 0 Å². The molecular weight excluding hydrogens is 204 g/mol. The zero-order valence-electron chi connectivity index (χ0n) is 13.4. The summed E-state index contributed by atoms with van der Waals surface area (Å²) in [4.78, 5) is 0. The molecule has 0 amide bonds. The molecular formula is C17H34. The Kier molecular flexibility index (Phi) is 4.37. The third-order valence-electron chi connectivity index (χ3n) is 6.46. The number of hydrogen-bond acceptors (Lipinski definition) is 0. The molecule has 17 heavy (non-hydrogen) atoms. The minimum Gasteiger partial charge on any atom is -0.0625 e. The van der Waals surface area contributed by atoms with E-state index >= 15 is 0 Å². The molecule has 1 aliphatic rings. The maximum Gasteiger partial charge on any atom is -0.0269 e. The number of hydrogen-bond donors (Lipinski definition) is 0. The van der Waals surface area contributed by atoms with Crippen LogP contribution in [-0.4, -0.2) is 0 Å². The fourth-order valence-electron chi connectivity index (χ4n) is 3.90. The van der Waals surface area contributed by atoms with Gasteiger partial charge in [-0.25, -0.2) is 0 Å². The SMILES string of the molecule is CC(C)C1CCCC1C(C)(C)C(C)(C)C(C)C. The zero-order chi connectivity index (χ0) is 13.4. The highest BCUT2D eigenvalue weighted by molar-refractivity contribution is 4.97. The van der Waals surface area contributed by atoms with Crippen LogP contribution < -0.4 is 0 Å². The Bertz CT molecular complexity index is 245. The van der Waals surface area contributed by atoms with E-state index in [-0.39, 0.29) is 0 Å². The minimum atomic E-state index is 0.426. The molecule has 0 aromatic carbocycles. The van der Waals surface area contributed by atoms with Gasteiger partial charge in [0.15, 0.2) is 0 Å². The summed E-state index contributed by atoms with van der Waals surface area (Å²) >= 11 is 0. The largest absolute Gasteiger partial charge is 0.0625 e. The quantitative estimate of drug-likeness (QED) is 0.583. The zero-order valence-corrected chi connectivity index (χ0v) is 13.4. The van der Waals surface area contributed by atoms with Crippen LogP contribution in [0.4, 0.5) is 0 Å². The summed E-state index contributed by atoms with van der Waals surface area (Å²) in [7, 11) is 0. The van der Waals surface area contributed by atoms with Crippen molar-refractivity contribution >= 4 is 0 Å². The molecule has 0 aromatic heterocycles. The van der Waals surface area contributed by atoms with Gasteiger partial charge in [-0.3, -0.25) is 0 Å². The van der Waals surface area contributed by atoms with Crippen LogP contribution in [0.5, 0.6) is 0 Å². The molecule has 1 aliphatic carbocycles. The third-order valence-corrected chi connectivity index (χ3v) is 6.46. The first-order chi connectivity index (χ1) is 7.62. The van der Waals surface area contributed by atoms with Gasteiger partial charge in [0, 0.05) is 0 Å². The van der Waals surface area contributed by atoms with Crippen LogP contribution in [0, 0.1) is 34.5 Å². The summed E-state index contributed by atoms with van der Waals surface area (Å²) < 4.78 is 0. The normalized spacial score (nSPS) is 27.2. The van der Waals surface area contributed by atoms with Crippen LogP contribution >= 0.6 is 0 Å². The Morgan fingerprint density at radius 1 is 0.882 bits per heavy atom. The van der Waals surface area contributed by atoms with Gasteiger partial charge in [0.25, 0.3) is 0 Å². The molecule has 0 nitrogen and oxygen atoms in total. The average molecular weight is 238 g/mol. The first-order valence-corrected chi connectivity index (χ1v) is 7.62. The second-order valence-corrected chi connectivity index (χ2v) is 8.04. The van der Waals surface area contributed by atoms with E-state index in [1.54, 1.807) is 0 Å². The fraction of sp³-hybridized carbons (Fsp3) is 1.00. The molecule has 0 N–H and O–H groups in total. The Morgan fingerprint density at radius 3 is 1.82 bits per heavy atom. The summed E-state index contributed by atoms with van der Waals surface area (Å²) in [6.45, 7) is 19.6. The Hall–Kier alpha value is 0. The van der Waals surface area contributed by atoms with Crippen molar-refractivity contribution in [3.63, 3.8) is 0 Å². The van der Waals surface area contributed by atoms with E-state index in [2.05, 4.69) is 55.4 Å². The lowest BCUT2D eigenvalue weighted by Crippen LogP contribution is -2.44. The first-order valence-electron chi connectivity index (χ1n) is 7.62. The Morgan fingerprint density at radius 2 is 1.41 bits per heavy atom. The van der Waals surface area contributed by atoms with E-state index in [1.165, 1.54) is 19.3 Å². The van der Waals surface area contributed by atoms with Crippen molar-refractivity contribution in [2.45, 2.75) is 74.7 Å². The van der Waals surface area contributed by atoms with Gasteiger partial charge < -0.3 is 0 Å². The standard InChI is InChI=1S/C17H34/c1-12(2)14-10-9-11-15(14)17(7,8)16(5,6)13(3)4/h12-15H,9-11H2,1-8H3. The minimum absolute atomic E-state index is 0.426. The smallest absolute Gasteiger partial charge is 0.0269 e. The van der Waals surface area contributed by atoms with Gasteiger partial charge in [-0.1, -0.05) is 61.8 Å². The molecule has 0 bridgehead atoms. The van der Waals surface area contributed by atoms with Gasteiger partial charge in [0.2, 0.25) is 0 Å². The summed E-state index contributed by atoms with van der Waals surface area (Å²) in [5.74, 6) is 3.47. The van der Waals surface area contributed by atoms with Gasteiger partial charge in [0.05, 0.1) is 0 Å². The summed E-state index contributed by atoms with van der Waals surface area (Å²) in [5, 5.41) is 0. The molecule has 0 heteroatoms. The molecule has 0 saturated heterocycles. The summed E-state index contributed by atoms with van der Waals surface area (Å²) in [6.07, 6.45) is 4.36. The monoisotopic (exact) mass is 238 g/mol. The van der Waals surface area contributed by atoms with Crippen LogP contribution in [0.15, 0.2) is 0 Å². The highest BCUT2D eigenvalue weighted by atomic mass is 14.5. The van der Waals surface area contributed by atoms with Crippen molar-refractivity contribution in [3.05, 3.63) is 0 Å². The molecule has 0 aliphatic heterocycles. The van der Waals surface area contributed by atoms with Gasteiger partial charge in [-0.15, -0.1) is 0 Å². The molecule has 0 heterocycles. The highest BCUT2D eigenvalue weighted by Crippen LogP contribution is 2.56. The van der Waals surface area contributed by atoms with E-state index in [0.717, 1.165) is 23.7 Å². The van der Waals surface area contributed by atoms with Crippen molar-refractivity contribution in [1.29, 1.82) is 0 Å². The van der Waals surface area contributed by atoms with E-state index in [0.29, 0.717) is 10.8 Å². The first kappa shape index (κ1) is 15.1. The molecule has 1 fully saturated rings. The topological polar surface area (TPSA) is 0 Å². The lowest BCUT2D eigenvalue weighted by Gasteiger charge is -2.51. The summed E-state index contributed by atoms with van der Waals surface area (Å²) in [5.41, 5.74) is 0.877. The van der Waals surface area contributed by atoms with Crippen molar-refractivity contribution < 1.29 is 0 Å². The number of rotatable bonds is 4. The van der Waals surface area contributed by atoms with Crippen LogP contribution in [0.3, 0.4) is 0 Å². The molecule has 0 aromatic rings. The predicted octanol–water partition coefficient (Wildman–Crippen LogP) is 5.77. The molecule has 2 atom stereocenters. The third kappa shape index (κ3) is 2.56. The Balaban J connectivity index is 2.97. The molecule has 1 rings (SSSR count). The van der Waals surface area contributed by atoms with Crippen molar-refractivity contribution in [2.75, 3.05) is 0 Å². The van der Waals surface area contributed by atoms with Crippen molar-refractivity contribution in [3.8, 4) is 0 Å². The van der Waals surface area contributed by atoms with Crippen LogP contribution in [-0.2, 0) is 0 Å². The lowest BCUT2D eigenvalue weighted by molar-refractivity contribution is -0.0237. The van der Waals surface area contributed by atoms with Gasteiger partial charge >= 0.3 is 0 Å². The maximum atomic E-state index is 2.53. The molecule has 0 radical (unpaired) electrons. The van der Waals surface area contributed by atoms with Gasteiger partial charge in [-0.2, -0.15) is 0 Å². The second kappa shape index (κ2) is 4.94. The molecule has 0 spiro atoms. The van der Waals surface area contributed by atoms with Crippen molar-refractivity contribution in [1.82, 2.24) is 0 Å². The van der Waals surface area contributed by atoms with Crippen LogP contribution in [0.25, 0.3) is 0 Å². The van der Waals surface area contributed by atoms with E-state index in [9.17, 15) is 0 Å². The molecule has 2 unspecified atom stereocenters. The highest BCUT2D eigenvalue weighted by Gasteiger charge is 2.49. The van der Waals surface area contributed by atoms with E-state index in [1.807, 2.05) is 0 Å². The molecule has 102 valence electrons. The van der Waals surface area contributed by atoms with E-state index < -0.39 is 0 Å². The van der Waals surface area contributed by atoms with Gasteiger partial charge in [-0.05, 0) is 47.3 Å². The average Bonchev–Trinajstić information content (AvgIpc) is 2.65. The second-order valence-electron chi connectivity index (χ2n) is 8.04. The lowest BCUT2D eigenvalue weighted by atomic mass is 9.54.